The molecule has 3 aromatic rings. The highest BCUT2D eigenvalue weighted by molar-refractivity contribution is 6.00. The third kappa shape index (κ3) is 10.00. The zero-order valence-corrected chi connectivity index (χ0v) is 27.1. The zero-order chi connectivity index (χ0) is 32.3. The molecule has 238 valence electrons. The van der Waals surface area contributed by atoms with Crippen LogP contribution in [-0.4, -0.2) is 46.1 Å². The predicted octanol–water partition coefficient (Wildman–Crippen LogP) is 7.96. The number of ether oxygens (including phenoxy) is 1. The van der Waals surface area contributed by atoms with Crippen LogP contribution in [0.1, 0.15) is 91.7 Å². The highest BCUT2D eigenvalue weighted by Gasteiger charge is 2.38. The largest absolute Gasteiger partial charge is 0.508 e. The van der Waals surface area contributed by atoms with Gasteiger partial charge in [0.15, 0.2) is 0 Å². The number of unbranched alkanes of at least 4 members (excludes halogenated alkanes) is 5. The van der Waals surface area contributed by atoms with Crippen molar-refractivity contribution in [1.29, 1.82) is 0 Å². The summed E-state index contributed by atoms with van der Waals surface area (Å²) in [6, 6.07) is 18.0. The normalized spacial score (nSPS) is 12.9. The van der Waals surface area contributed by atoms with Crippen LogP contribution in [0.4, 0.5) is 10.5 Å². The van der Waals surface area contributed by atoms with Gasteiger partial charge in [-0.1, -0.05) is 101 Å². The molecule has 0 saturated heterocycles. The second-order valence-electron chi connectivity index (χ2n) is 12.7. The number of phenols is 1. The fourth-order valence-corrected chi connectivity index (χ4v) is 5.20. The molecule has 3 aromatic carbocycles. The Labute approximate surface area is 262 Å². The molecule has 8 nitrogen and oxygen atoms in total. The molecule has 2 atom stereocenters. The van der Waals surface area contributed by atoms with Gasteiger partial charge in [0, 0.05) is 17.8 Å². The maximum absolute atomic E-state index is 14.4. The summed E-state index contributed by atoms with van der Waals surface area (Å²) < 4.78 is 5.47. The second kappa shape index (κ2) is 16.1. The first kappa shape index (κ1) is 34.4. The van der Waals surface area contributed by atoms with Crippen molar-refractivity contribution in [2.24, 2.45) is 5.92 Å². The molecule has 3 amide bonds. The topological polar surface area (TPSA) is 108 Å². The summed E-state index contributed by atoms with van der Waals surface area (Å²) in [4.78, 5) is 42.9. The molecule has 0 bridgehead atoms. The average molecular weight is 604 g/mol. The number of alkyl carbamates (subject to hydrolysis) is 1. The molecule has 0 aliphatic rings. The van der Waals surface area contributed by atoms with Crippen molar-refractivity contribution in [3.8, 4) is 5.75 Å². The Hall–Kier alpha value is -4.07. The number of rotatable bonds is 14. The summed E-state index contributed by atoms with van der Waals surface area (Å²) in [5, 5.41) is 18.7. The first-order chi connectivity index (χ1) is 20.9. The van der Waals surface area contributed by atoms with E-state index in [0.29, 0.717) is 17.7 Å². The van der Waals surface area contributed by atoms with Gasteiger partial charge in [-0.3, -0.25) is 9.59 Å². The number of amides is 3. The third-order valence-electron chi connectivity index (χ3n) is 7.45. The molecule has 0 saturated carbocycles. The van der Waals surface area contributed by atoms with E-state index in [0.717, 1.165) is 42.9 Å². The van der Waals surface area contributed by atoms with Gasteiger partial charge in [0.2, 0.25) is 5.91 Å². The Morgan fingerprint density at radius 1 is 0.864 bits per heavy atom. The molecular weight excluding hydrogens is 554 g/mol. The number of fused-ring (bicyclic) bond motifs is 1. The molecule has 3 rings (SSSR count). The van der Waals surface area contributed by atoms with Gasteiger partial charge in [-0.2, -0.15) is 0 Å². The van der Waals surface area contributed by atoms with E-state index in [1.54, 1.807) is 39.0 Å². The van der Waals surface area contributed by atoms with Gasteiger partial charge in [-0.05, 0) is 62.1 Å². The molecule has 0 spiro atoms. The molecule has 44 heavy (non-hydrogen) atoms. The SMILES string of the molecule is CCCCCCCCN(C(=O)C(NC(=O)OC(C)(C)C)C(C)C)C(C(=O)Nc1ccc2ccccc2c1)c1ccccc1O. The lowest BCUT2D eigenvalue weighted by molar-refractivity contribution is -0.141. The fraction of sp³-hybridized carbons (Fsp3) is 0.472. The van der Waals surface area contributed by atoms with Crippen molar-refractivity contribution in [3.63, 3.8) is 0 Å². The molecule has 0 aliphatic carbocycles. The third-order valence-corrected chi connectivity index (χ3v) is 7.45. The quantitative estimate of drug-likeness (QED) is 0.162. The minimum atomic E-state index is -1.15. The lowest BCUT2D eigenvalue weighted by atomic mass is 9.97. The van der Waals surface area contributed by atoms with Gasteiger partial charge in [-0.15, -0.1) is 0 Å². The van der Waals surface area contributed by atoms with E-state index in [1.165, 1.54) is 11.0 Å². The first-order valence-electron chi connectivity index (χ1n) is 15.8. The fourth-order valence-electron chi connectivity index (χ4n) is 5.20. The van der Waals surface area contributed by atoms with E-state index >= 15 is 0 Å². The van der Waals surface area contributed by atoms with Crippen molar-refractivity contribution >= 4 is 34.4 Å². The van der Waals surface area contributed by atoms with Crippen LogP contribution in [0, 0.1) is 5.92 Å². The minimum Gasteiger partial charge on any atom is -0.508 e. The van der Waals surface area contributed by atoms with Gasteiger partial charge >= 0.3 is 6.09 Å². The van der Waals surface area contributed by atoms with E-state index in [1.807, 2.05) is 56.3 Å². The second-order valence-corrected chi connectivity index (χ2v) is 12.7. The number of carbonyl (C=O) groups excluding carboxylic acids is 3. The summed E-state index contributed by atoms with van der Waals surface area (Å²) in [6.07, 6.45) is 5.24. The maximum Gasteiger partial charge on any atom is 0.408 e. The van der Waals surface area contributed by atoms with Gasteiger partial charge in [-0.25, -0.2) is 4.79 Å². The summed E-state index contributed by atoms with van der Waals surface area (Å²) in [5.74, 6) is -1.26. The number of benzene rings is 3. The highest BCUT2D eigenvalue weighted by Crippen LogP contribution is 2.32. The van der Waals surface area contributed by atoms with Crippen molar-refractivity contribution in [2.45, 2.75) is 97.8 Å². The summed E-state index contributed by atoms with van der Waals surface area (Å²) >= 11 is 0. The summed E-state index contributed by atoms with van der Waals surface area (Å²) in [6.45, 7) is 11.4. The molecule has 0 aromatic heterocycles. The van der Waals surface area contributed by atoms with Crippen LogP contribution in [0.15, 0.2) is 66.7 Å². The number of phenolic OH excluding ortho intramolecular Hbond substituents is 1. The number of aromatic hydroxyl groups is 1. The van der Waals surface area contributed by atoms with Crippen LogP contribution in [-0.2, 0) is 14.3 Å². The van der Waals surface area contributed by atoms with E-state index in [-0.39, 0.29) is 18.2 Å². The van der Waals surface area contributed by atoms with Crippen LogP contribution in [0.2, 0.25) is 0 Å². The molecule has 0 fully saturated rings. The molecule has 2 unspecified atom stereocenters. The Kier molecular flexibility index (Phi) is 12.6. The number of para-hydroxylation sites is 1. The molecule has 3 N–H and O–H groups in total. The van der Waals surface area contributed by atoms with Crippen molar-refractivity contribution < 1.29 is 24.2 Å². The van der Waals surface area contributed by atoms with Crippen molar-refractivity contribution in [2.75, 3.05) is 11.9 Å². The Morgan fingerprint density at radius 2 is 1.50 bits per heavy atom. The number of hydrogen-bond donors (Lipinski definition) is 3. The van der Waals surface area contributed by atoms with E-state index in [9.17, 15) is 19.5 Å². The lowest BCUT2D eigenvalue weighted by Gasteiger charge is -2.36. The molecule has 0 heterocycles. The van der Waals surface area contributed by atoms with Gasteiger partial charge in [0.1, 0.15) is 23.4 Å². The van der Waals surface area contributed by atoms with Crippen LogP contribution < -0.4 is 10.6 Å². The maximum atomic E-state index is 14.4. The van der Waals surface area contributed by atoms with Crippen molar-refractivity contribution in [1.82, 2.24) is 10.2 Å². The summed E-state index contributed by atoms with van der Waals surface area (Å²) in [5.41, 5.74) is 0.142. The molecule has 0 radical (unpaired) electrons. The smallest absolute Gasteiger partial charge is 0.408 e. The average Bonchev–Trinajstić information content (AvgIpc) is 2.96. The molecule has 8 heteroatoms. The number of nitrogens with zero attached hydrogens (tertiary/aromatic N) is 1. The number of nitrogens with one attached hydrogen (secondary N) is 2. The van der Waals surface area contributed by atoms with Gasteiger partial charge < -0.3 is 25.4 Å². The lowest BCUT2D eigenvalue weighted by Crippen LogP contribution is -2.54. The van der Waals surface area contributed by atoms with Gasteiger partial charge in [0.05, 0.1) is 0 Å². The van der Waals surface area contributed by atoms with Gasteiger partial charge in [0.25, 0.3) is 5.91 Å². The van der Waals surface area contributed by atoms with Crippen molar-refractivity contribution in [3.05, 3.63) is 72.3 Å². The number of anilines is 1. The van der Waals surface area contributed by atoms with E-state index in [4.69, 9.17) is 4.74 Å². The van der Waals surface area contributed by atoms with Crippen LogP contribution in [0.5, 0.6) is 5.75 Å². The van der Waals surface area contributed by atoms with E-state index in [2.05, 4.69) is 17.6 Å². The Bertz CT molecular complexity index is 1400. The summed E-state index contributed by atoms with van der Waals surface area (Å²) in [7, 11) is 0. The standard InChI is InChI=1S/C36H49N3O5/c1-7-8-9-10-11-16-23-39(34(42)31(25(2)3)38-35(43)44-36(4,5)6)32(29-19-14-15-20-30(29)40)33(41)37-28-22-21-26-17-12-13-18-27(26)24-28/h12-15,17-22,24-25,31-32,40H,7-11,16,23H2,1-6H3,(H,37,41)(H,38,43). The zero-order valence-electron chi connectivity index (χ0n) is 27.1. The first-order valence-corrected chi connectivity index (χ1v) is 15.8. The minimum absolute atomic E-state index is 0.0897. The van der Waals surface area contributed by atoms with Crippen LogP contribution in [0.25, 0.3) is 10.8 Å². The monoisotopic (exact) mass is 603 g/mol. The highest BCUT2D eigenvalue weighted by atomic mass is 16.6. The number of carbonyl (C=O) groups is 3. The van der Waals surface area contributed by atoms with Crippen LogP contribution in [0.3, 0.4) is 0 Å². The van der Waals surface area contributed by atoms with Crippen LogP contribution >= 0.6 is 0 Å². The predicted molar refractivity (Wildman–Crippen MR) is 177 cm³/mol. The Morgan fingerprint density at radius 3 is 2.16 bits per heavy atom. The molecule has 0 aliphatic heterocycles. The van der Waals surface area contributed by atoms with E-state index < -0.39 is 35.6 Å². The number of hydrogen-bond acceptors (Lipinski definition) is 5. The molecular formula is C36H49N3O5. The Balaban J connectivity index is 2.01.